The molecule has 1 fully saturated rings. The number of carbonyl (C=O) groups is 2. The van der Waals surface area contributed by atoms with Crippen LogP contribution in [0.3, 0.4) is 0 Å². The van der Waals surface area contributed by atoms with E-state index in [9.17, 15) is 27.2 Å². The number of rotatable bonds is 4. The van der Waals surface area contributed by atoms with E-state index in [1.807, 2.05) is 0 Å². The molecule has 0 aliphatic carbocycles. The molecule has 31 heavy (non-hydrogen) atoms. The van der Waals surface area contributed by atoms with Gasteiger partial charge in [-0.05, 0) is 55.2 Å². The molecule has 2 aromatic rings. The first-order valence-corrected chi connectivity index (χ1v) is 9.75. The highest BCUT2D eigenvalue weighted by Crippen LogP contribution is 2.34. The Hall–Kier alpha value is -3.30. The lowest BCUT2D eigenvalue weighted by molar-refractivity contribution is -0.136. The van der Waals surface area contributed by atoms with E-state index in [1.165, 1.54) is 42.5 Å². The first-order chi connectivity index (χ1) is 14.7. The van der Waals surface area contributed by atoms with Gasteiger partial charge in [0.2, 0.25) is 0 Å². The monoisotopic (exact) mass is 438 g/mol. The third-order valence-electron chi connectivity index (χ3n) is 5.03. The molecule has 0 spiro atoms. The van der Waals surface area contributed by atoms with Crippen molar-refractivity contribution in [2.45, 2.75) is 19.0 Å². The van der Waals surface area contributed by atoms with E-state index in [1.54, 1.807) is 4.90 Å². The van der Waals surface area contributed by atoms with Crippen LogP contribution in [0, 0.1) is 11.7 Å². The summed E-state index contributed by atoms with van der Waals surface area (Å²) in [4.78, 5) is 26.0. The molecular weight excluding hydrogens is 416 g/mol. The summed E-state index contributed by atoms with van der Waals surface area (Å²) < 4.78 is 52.0. The molecule has 0 atom stereocenters. The lowest BCUT2D eigenvalue weighted by Crippen LogP contribution is -2.43. The van der Waals surface area contributed by atoms with E-state index in [2.05, 4.69) is 16.0 Å². The number of nitrogens with zero attached hydrogens (tertiary/aromatic N) is 1. The fourth-order valence-corrected chi connectivity index (χ4v) is 3.32. The Morgan fingerprint density at radius 1 is 0.968 bits per heavy atom. The van der Waals surface area contributed by atoms with Crippen LogP contribution in [0.2, 0.25) is 0 Å². The van der Waals surface area contributed by atoms with Crippen molar-refractivity contribution in [1.29, 1.82) is 0 Å². The third-order valence-corrected chi connectivity index (χ3v) is 5.03. The minimum Gasteiger partial charge on any atom is -0.338 e. The zero-order valence-electron chi connectivity index (χ0n) is 16.5. The third kappa shape index (κ3) is 6.34. The van der Waals surface area contributed by atoms with Gasteiger partial charge in [-0.2, -0.15) is 13.2 Å². The molecule has 0 bridgehead atoms. The number of hydrogen-bond acceptors (Lipinski definition) is 2. The van der Waals surface area contributed by atoms with Gasteiger partial charge in [0.05, 0.1) is 11.3 Å². The van der Waals surface area contributed by atoms with Crippen molar-refractivity contribution in [2.24, 2.45) is 5.92 Å². The fourth-order valence-electron chi connectivity index (χ4n) is 3.32. The van der Waals surface area contributed by atoms with E-state index in [4.69, 9.17) is 0 Å². The average Bonchev–Trinajstić information content (AvgIpc) is 2.74. The number of anilines is 2. The van der Waals surface area contributed by atoms with Crippen LogP contribution in [0.25, 0.3) is 0 Å². The lowest BCUT2D eigenvalue weighted by atomic mass is 9.97. The quantitative estimate of drug-likeness (QED) is 0.594. The summed E-state index contributed by atoms with van der Waals surface area (Å²) in [5, 5.41) is 7.54. The molecule has 0 unspecified atom stereocenters. The molecule has 2 aromatic carbocycles. The van der Waals surface area contributed by atoms with Gasteiger partial charge in [0, 0.05) is 25.3 Å². The van der Waals surface area contributed by atoms with Gasteiger partial charge in [0.15, 0.2) is 0 Å². The highest BCUT2D eigenvalue weighted by Gasteiger charge is 2.33. The van der Waals surface area contributed by atoms with Gasteiger partial charge in [-0.15, -0.1) is 0 Å². The Morgan fingerprint density at radius 2 is 1.61 bits per heavy atom. The first-order valence-electron chi connectivity index (χ1n) is 9.75. The smallest absolute Gasteiger partial charge is 0.338 e. The van der Waals surface area contributed by atoms with E-state index in [0.717, 1.165) is 6.07 Å². The number of alkyl halides is 3. The molecular formula is C21H22F4N4O2. The van der Waals surface area contributed by atoms with E-state index >= 15 is 0 Å². The van der Waals surface area contributed by atoms with Crippen LogP contribution in [0.15, 0.2) is 48.5 Å². The number of urea groups is 2. The molecule has 0 saturated carbocycles. The molecule has 3 rings (SSSR count). The van der Waals surface area contributed by atoms with E-state index in [0.29, 0.717) is 31.6 Å². The van der Waals surface area contributed by atoms with Gasteiger partial charge in [-0.1, -0.05) is 12.1 Å². The number of nitrogens with one attached hydrogen (secondary N) is 3. The SMILES string of the molecule is O=C(NCC1CCN(C(=O)Nc2ccc(F)cc2)CC1)Nc1ccccc1C(F)(F)F. The largest absolute Gasteiger partial charge is 0.418 e. The van der Waals surface area contributed by atoms with Crippen LogP contribution < -0.4 is 16.0 Å². The van der Waals surface area contributed by atoms with Gasteiger partial charge < -0.3 is 20.9 Å². The van der Waals surface area contributed by atoms with Crippen molar-refractivity contribution < 1.29 is 27.2 Å². The molecule has 166 valence electrons. The molecule has 10 heteroatoms. The first kappa shape index (κ1) is 22.4. The number of benzene rings is 2. The summed E-state index contributed by atoms with van der Waals surface area (Å²) in [5.74, 6) is -0.296. The molecule has 3 N–H and O–H groups in total. The molecule has 1 aliphatic rings. The van der Waals surface area contributed by atoms with Crippen LogP contribution in [0.4, 0.5) is 38.5 Å². The normalized spacial score (nSPS) is 14.8. The summed E-state index contributed by atoms with van der Waals surface area (Å²) in [6.07, 6.45) is -3.29. The Morgan fingerprint density at radius 3 is 2.26 bits per heavy atom. The maximum Gasteiger partial charge on any atom is 0.418 e. The van der Waals surface area contributed by atoms with Crippen molar-refractivity contribution in [2.75, 3.05) is 30.3 Å². The summed E-state index contributed by atoms with van der Waals surface area (Å²) in [6.45, 7) is 1.23. The summed E-state index contributed by atoms with van der Waals surface area (Å²) in [5.41, 5.74) is -0.726. The number of para-hydroxylation sites is 1. The second kappa shape index (κ2) is 9.67. The number of halogens is 4. The predicted octanol–water partition coefficient (Wildman–Crippen LogP) is 4.91. The van der Waals surface area contributed by atoms with Crippen LogP contribution in [0.5, 0.6) is 0 Å². The van der Waals surface area contributed by atoms with Crippen molar-refractivity contribution in [3.05, 3.63) is 59.9 Å². The highest BCUT2D eigenvalue weighted by atomic mass is 19.4. The van der Waals surface area contributed by atoms with Gasteiger partial charge in [0.1, 0.15) is 5.82 Å². The topological polar surface area (TPSA) is 73.5 Å². The minimum atomic E-state index is -4.56. The summed E-state index contributed by atoms with van der Waals surface area (Å²) in [7, 11) is 0. The average molecular weight is 438 g/mol. The fraction of sp³-hybridized carbons (Fsp3) is 0.333. The standard InChI is InChI=1S/C21H22F4N4O2/c22-15-5-7-16(8-6-15)27-20(31)29-11-9-14(10-12-29)13-26-19(30)28-18-4-2-1-3-17(18)21(23,24)25/h1-8,14H,9-13H2,(H,27,31)(H2,26,28,30). The number of amides is 4. The summed E-state index contributed by atoms with van der Waals surface area (Å²) in [6, 6.07) is 9.22. The molecule has 1 heterocycles. The van der Waals surface area contributed by atoms with Crippen LogP contribution in [-0.4, -0.2) is 36.6 Å². The van der Waals surface area contributed by atoms with Crippen LogP contribution >= 0.6 is 0 Å². The van der Waals surface area contributed by atoms with Crippen molar-refractivity contribution in [3.8, 4) is 0 Å². The molecule has 4 amide bonds. The molecule has 1 saturated heterocycles. The Kier molecular flexibility index (Phi) is 6.98. The van der Waals surface area contributed by atoms with Gasteiger partial charge >= 0.3 is 18.2 Å². The van der Waals surface area contributed by atoms with E-state index in [-0.39, 0.29) is 24.2 Å². The Bertz CT molecular complexity index is 910. The lowest BCUT2D eigenvalue weighted by Gasteiger charge is -2.32. The molecule has 0 radical (unpaired) electrons. The zero-order chi connectivity index (χ0) is 22.4. The maximum absolute atomic E-state index is 13.0. The maximum atomic E-state index is 13.0. The van der Waals surface area contributed by atoms with Crippen molar-refractivity contribution in [3.63, 3.8) is 0 Å². The second-order valence-corrected chi connectivity index (χ2v) is 7.25. The number of hydrogen-bond donors (Lipinski definition) is 3. The number of carbonyl (C=O) groups excluding carboxylic acids is 2. The molecule has 0 aromatic heterocycles. The predicted molar refractivity (Wildman–Crippen MR) is 108 cm³/mol. The highest BCUT2D eigenvalue weighted by molar-refractivity contribution is 5.90. The number of likely N-dealkylation sites (tertiary alicyclic amines) is 1. The van der Waals surface area contributed by atoms with Crippen molar-refractivity contribution >= 4 is 23.4 Å². The van der Waals surface area contributed by atoms with Gasteiger partial charge in [-0.25, -0.2) is 14.0 Å². The Balaban J connectivity index is 1.43. The molecule has 6 nitrogen and oxygen atoms in total. The Labute approximate surface area is 176 Å². The minimum absolute atomic E-state index is 0.0958. The summed E-state index contributed by atoms with van der Waals surface area (Å²) >= 11 is 0. The van der Waals surface area contributed by atoms with Crippen LogP contribution in [0.1, 0.15) is 18.4 Å². The van der Waals surface area contributed by atoms with Crippen molar-refractivity contribution in [1.82, 2.24) is 10.2 Å². The van der Waals surface area contributed by atoms with Gasteiger partial charge in [-0.3, -0.25) is 0 Å². The number of piperidine rings is 1. The van der Waals surface area contributed by atoms with Gasteiger partial charge in [0.25, 0.3) is 0 Å². The molecule has 1 aliphatic heterocycles. The van der Waals surface area contributed by atoms with E-state index < -0.39 is 23.6 Å². The zero-order valence-corrected chi connectivity index (χ0v) is 16.5. The second-order valence-electron chi connectivity index (χ2n) is 7.25. The van der Waals surface area contributed by atoms with Crippen LogP contribution in [-0.2, 0) is 6.18 Å².